The molecule has 0 aliphatic heterocycles. The predicted molar refractivity (Wildman–Crippen MR) is 108 cm³/mol. The third kappa shape index (κ3) is 4.47. The average Bonchev–Trinajstić information content (AvgIpc) is 2.71. The lowest BCUT2D eigenvalue weighted by Crippen LogP contribution is -2.26. The smallest absolute Gasteiger partial charge is 0.224 e. The van der Waals surface area contributed by atoms with Crippen LogP contribution >= 0.6 is 0 Å². The summed E-state index contributed by atoms with van der Waals surface area (Å²) < 4.78 is 19.2. The van der Waals surface area contributed by atoms with E-state index >= 15 is 0 Å². The number of para-hydroxylation sites is 1. The van der Waals surface area contributed by atoms with Crippen molar-refractivity contribution in [3.63, 3.8) is 0 Å². The second kappa shape index (κ2) is 8.38. The maximum absolute atomic E-state index is 12.9. The summed E-state index contributed by atoms with van der Waals surface area (Å²) in [4.78, 5) is 16.6. The van der Waals surface area contributed by atoms with Crippen molar-refractivity contribution in [1.29, 1.82) is 0 Å². The van der Waals surface area contributed by atoms with E-state index in [-0.39, 0.29) is 17.8 Å². The number of nitrogens with one attached hydrogen (secondary N) is 1. The lowest BCUT2D eigenvalue weighted by atomic mass is 9.85. The zero-order valence-electron chi connectivity index (χ0n) is 15.6. The molecule has 1 amide bonds. The Kier molecular flexibility index (Phi) is 5.51. The number of ether oxygens (including phenoxy) is 1. The normalized spacial score (nSPS) is 19.3. The maximum atomic E-state index is 12.9. The number of amides is 1. The molecular formula is C23H23FN2O2. The molecule has 1 fully saturated rings. The van der Waals surface area contributed by atoms with Crippen molar-refractivity contribution in [3.8, 4) is 5.75 Å². The van der Waals surface area contributed by atoms with E-state index in [2.05, 4.69) is 10.3 Å². The minimum absolute atomic E-state index is 0.0175. The standard InChI is InChI=1S/C23H23FN2O2/c24-17-7-9-18(10-8-17)26-23(27)15-16-5-11-19(12-6-16)28-22-13-14-25-21-4-2-1-3-20(21)22/h1-4,7-10,13-14,16,19H,5-6,11-12,15H2,(H,26,27)/t16-,19-. The van der Waals surface area contributed by atoms with E-state index < -0.39 is 0 Å². The van der Waals surface area contributed by atoms with Gasteiger partial charge in [-0.2, -0.15) is 0 Å². The highest BCUT2D eigenvalue weighted by Crippen LogP contribution is 2.32. The quantitative estimate of drug-likeness (QED) is 0.652. The minimum Gasteiger partial charge on any atom is -0.490 e. The number of carbonyl (C=O) groups excluding carboxylic acids is 1. The van der Waals surface area contributed by atoms with E-state index in [4.69, 9.17) is 4.74 Å². The van der Waals surface area contributed by atoms with Gasteiger partial charge in [0.25, 0.3) is 0 Å². The van der Waals surface area contributed by atoms with Gasteiger partial charge < -0.3 is 10.1 Å². The Hall–Kier alpha value is -2.95. The Morgan fingerprint density at radius 2 is 1.79 bits per heavy atom. The second-order valence-electron chi connectivity index (χ2n) is 7.35. The zero-order valence-corrected chi connectivity index (χ0v) is 15.6. The summed E-state index contributed by atoms with van der Waals surface area (Å²) in [7, 11) is 0. The first kappa shape index (κ1) is 18.4. The number of carbonyl (C=O) groups is 1. The number of halogens is 1. The van der Waals surface area contributed by atoms with Gasteiger partial charge in [0.15, 0.2) is 0 Å². The molecule has 0 saturated heterocycles. The summed E-state index contributed by atoms with van der Waals surface area (Å²) in [5, 5.41) is 3.88. The molecule has 0 spiro atoms. The van der Waals surface area contributed by atoms with Crippen LogP contribution in [0.1, 0.15) is 32.1 Å². The number of nitrogens with zero attached hydrogens (tertiary/aromatic N) is 1. The lowest BCUT2D eigenvalue weighted by molar-refractivity contribution is -0.117. The number of aromatic nitrogens is 1. The fourth-order valence-corrected chi connectivity index (χ4v) is 3.81. The van der Waals surface area contributed by atoms with Crippen LogP contribution in [0, 0.1) is 11.7 Å². The van der Waals surface area contributed by atoms with Gasteiger partial charge >= 0.3 is 0 Å². The molecule has 0 unspecified atom stereocenters. The molecule has 1 aliphatic carbocycles. The summed E-state index contributed by atoms with van der Waals surface area (Å²) in [5.41, 5.74) is 1.57. The van der Waals surface area contributed by atoms with Crippen molar-refractivity contribution >= 4 is 22.5 Å². The summed E-state index contributed by atoms with van der Waals surface area (Å²) in [6.07, 6.45) is 6.23. The molecule has 5 heteroatoms. The summed E-state index contributed by atoms with van der Waals surface area (Å²) >= 11 is 0. The van der Waals surface area contributed by atoms with Crippen molar-refractivity contribution in [3.05, 3.63) is 66.6 Å². The number of hydrogen-bond acceptors (Lipinski definition) is 3. The van der Waals surface area contributed by atoms with Gasteiger partial charge in [-0.05, 0) is 74.1 Å². The van der Waals surface area contributed by atoms with Crippen molar-refractivity contribution in [2.24, 2.45) is 5.92 Å². The number of benzene rings is 2. The van der Waals surface area contributed by atoms with E-state index in [1.54, 1.807) is 18.3 Å². The second-order valence-corrected chi connectivity index (χ2v) is 7.35. The Morgan fingerprint density at radius 3 is 2.57 bits per heavy atom. The van der Waals surface area contributed by atoms with Gasteiger partial charge in [-0.3, -0.25) is 9.78 Å². The Balaban J connectivity index is 1.28. The van der Waals surface area contributed by atoms with E-state index in [0.29, 0.717) is 18.0 Å². The van der Waals surface area contributed by atoms with Crippen molar-refractivity contribution in [2.75, 3.05) is 5.32 Å². The highest BCUT2D eigenvalue weighted by atomic mass is 19.1. The number of rotatable bonds is 5. The molecule has 3 aromatic rings. The van der Waals surface area contributed by atoms with Crippen LogP contribution in [0.4, 0.5) is 10.1 Å². The minimum atomic E-state index is -0.307. The summed E-state index contributed by atoms with van der Waals surface area (Å²) in [6.45, 7) is 0. The number of fused-ring (bicyclic) bond motifs is 1. The monoisotopic (exact) mass is 378 g/mol. The molecule has 4 nitrogen and oxygen atoms in total. The fourth-order valence-electron chi connectivity index (χ4n) is 3.81. The highest BCUT2D eigenvalue weighted by molar-refractivity contribution is 5.90. The zero-order chi connectivity index (χ0) is 19.3. The maximum Gasteiger partial charge on any atom is 0.224 e. The molecule has 4 rings (SSSR count). The molecule has 0 bridgehead atoms. The molecule has 1 aromatic heterocycles. The molecule has 0 radical (unpaired) electrons. The first-order valence-electron chi connectivity index (χ1n) is 9.73. The first-order chi connectivity index (χ1) is 13.7. The first-order valence-corrected chi connectivity index (χ1v) is 9.73. The van der Waals surface area contributed by atoms with Gasteiger partial charge in [-0.25, -0.2) is 4.39 Å². The largest absolute Gasteiger partial charge is 0.490 e. The predicted octanol–water partition coefficient (Wildman–Crippen LogP) is 5.34. The molecular weight excluding hydrogens is 355 g/mol. The van der Waals surface area contributed by atoms with Crippen molar-refractivity contribution < 1.29 is 13.9 Å². The van der Waals surface area contributed by atoms with Crippen LogP contribution in [0.2, 0.25) is 0 Å². The molecule has 0 atom stereocenters. The molecule has 1 heterocycles. The Bertz CT molecular complexity index is 945. The van der Waals surface area contributed by atoms with Crippen molar-refractivity contribution in [1.82, 2.24) is 4.98 Å². The third-order valence-electron chi connectivity index (χ3n) is 5.30. The molecule has 1 aliphatic rings. The van der Waals surface area contributed by atoms with Crippen LogP contribution in [0.25, 0.3) is 10.9 Å². The number of pyridine rings is 1. The highest BCUT2D eigenvalue weighted by Gasteiger charge is 2.24. The van der Waals surface area contributed by atoms with Crippen LogP contribution in [-0.2, 0) is 4.79 Å². The van der Waals surface area contributed by atoms with Gasteiger partial charge in [-0.15, -0.1) is 0 Å². The van der Waals surface area contributed by atoms with E-state index in [9.17, 15) is 9.18 Å². The molecule has 2 aromatic carbocycles. The van der Waals surface area contributed by atoms with Gasteiger partial charge in [-0.1, -0.05) is 12.1 Å². The van der Waals surface area contributed by atoms with E-state index in [1.807, 2.05) is 30.3 Å². The summed E-state index contributed by atoms with van der Waals surface area (Å²) in [6, 6.07) is 15.8. The van der Waals surface area contributed by atoms with Crippen LogP contribution in [0.5, 0.6) is 5.75 Å². The van der Waals surface area contributed by atoms with E-state index in [0.717, 1.165) is 42.3 Å². The fraction of sp³-hybridized carbons (Fsp3) is 0.304. The molecule has 28 heavy (non-hydrogen) atoms. The van der Waals surface area contributed by atoms with Crippen LogP contribution in [-0.4, -0.2) is 17.0 Å². The molecule has 144 valence electrons. The third-order valence-corrected chi connectivity index (χ3v) is 5.30. The van der Waals surface area contributed by atoms with Gasteiger partial charge in [0.1, 0.15) is 11.6 Å². The van der Waals surface area contributed by atoms with Crippen LogP contribution in [0.3, 0.4) is 0 Å². The summed E-state index contributed by atoms with van der Waals surface area (Å²) in [5.74, 6) is 0.909. The molecule has 1 N–H and O–H groups in total. The number of hydrogen-bond donors (Lipinski definition) is 1. The van der Waals surface area contributed by atoms with Gasteiger partial charge in [0, 0.05) is 23.7 Å². The van der Waals surface area contributed by atoms with Gasteiger partial charge in [0.2, 0.25) is 5.91 Å². The topological polar surface area (TPSA) is 51.2 Å². The SMILES string of the molecule is O=C(C[C@H]1CC[C@H](Oc2ccnc3ccccc23)CC1)Nc1ccc(F)cc1. The lowest BCUT2D eigenvalue weighted by Gasteiger charge is -2.29. The Labute approximate surface area is 163 Å². The Morgan fingerprint density at radius 1 is 1.04 bits per heavy atom. The number of anilines is 1. The van der Waals surface area contributed by atoms with E-state index in [1.165, 1.54) is 12.1 Å². The van der Waals surface area contributed by atoms with Crippen molar-refractivity contribution in [2.45, 2.75) is 38.2 Å². The van der Waals surface area contributed by atoms with Crippen LogP contribution < -0.4 is 10.1 Å². The average molecular weight is 378 g/mol. The molecule has 1 saturated carbocycles. The van der Waals surface area contributed by atoms with Gasteiger partial charge in [0.05, 0.1) is 11.6 Å². The van der Waals surface area contributed by atoms with Crippen LogP contribution in [0.15, 0.2) is 60.8 Å².